The fourth-order valence-corrected chi connectivity index (χ4v) is 1.47. The summed E-state index contributed by atoms with van der Waals surface area (Å²) >= 11 is 0. The number of ether oxygens (including phenoxy) is 3. The van der Waals surface area contributed by atoms with E-state index in [1.165, 1.54) is 39.2 Å². The van der Waals surface area contributed by atoms with E-state index in [9.17, 15) is 14.4 Å². The van der Waals surface area contributed by atoms with Crippen LogP contribution < -0.4 is 9.47 Å². The van der Waals surface area contributed by atoms with E-state index in [0.717, 1.165) is 0 Å². The topological polar surface area (TPSA) is 78.9 Å². The number of hydrogen-bond acceptors (Lipinski definition) is 6. The molecule has 122 valence electrons. The molecule has 0 radical (unpaired) electrons. The van der Waals surface area contributed by atoms with Gasteiger partial charge in [-0.1, -0.05) is 13.2 Å². The summed E-state index contributed by atoms with van der Waals surface area (Å²) in [7, 11) is 1.38. The first-order valence-electron chi connectivity index (χ1n) is 6.67. The zero-order valence-electron chi connectivity index (χ0n) is 13.3. The number of rotatable bonds is 7. The van der Waals surface area contributed by atoms with Crippen molar-refractivity contribution >= 4 is 17.7 Å². The molecule has 1 rings (SSSR count). The molecule has 6 heteroatoms. The minimum atomic E-state index is -0.695. The Morgan fingerprint density at radius 2 is 1.57 bits per heavy atom. The highest BCUT2D eigenvalue weighted by Gasteiger charge is 2.18. The van der Waals surface area contributed by atoms with Crippen LogP contribution in [0.4, 0.5) is 0 Å². The van der Waals surface area contributed by atoms with Gasteiger partial charge in [0.15, 0.2) is 5.78 Å². The van der Waals surface area contributed by atoms with Gasteiger partial charge in [-0.25, -0.2) is 9.59 Å². The van der Waals surface area contributed by atoms with Crippen molar-refractivity contribution in [2.45, 2.75) is 13.8 Å². The van der Waals surface area contributed by atoms with Crippen molar-refractivity contribution in [1.29, 1.82) is 0 Å². The number of hydrogen-bond donors (Lipinski definition) is 0. The molecule has 0 bridgehead atoms. The van der Waals surface area contributed by atoms with Crippen molar-refractivity contribution in [3.63, 3.8) is 0 Å². The molecule has 0 aliphatic heterocycles. The molecule has 1 aromatic carbocycles. The van der Waals surface area contributed by atoms with Crippen molar-refractivity contribution in [2.24, 2.45) is 0 Å². The van der Waals surface area contributed by atoms with Crippen LogP contribution in [0.2, 0.25) is 0 Å². The van der Waals surface area contributed by atoms with Crippen LogP contribution in [0.3, 0.4) is 0 Å². The Morgan fingerprint density at radius 3 is 2.09 bits per heavy atom. The summed E-state index contributed by atoms with van der Waals surface area (Å²) in [6.07, 6.45) is 0. The van der Waals surface area contributed by atoms with Crippen LogP contribution in [0.25, 0.3) is 0 Å². The molecule has 0 unspecified atom stereocenters. The zero-order chi connectivity index (χ0) is 17.6. The van der Waals surface area contributed by atoms with E-state index >= 15 is 0 Å². The van der Waals surface area contributed by atoms with Crippen molar-refractivity contribution < 1.29 is 28.6 Å². The molecule has 0 aliphatic carbocycles. The number of ketones is 1. The van der Waals surface area contributed by atoms with E-state index < -0.39 is 11.9 Å². The minimum Gasteiger partial charge on any atom is -0.423 e. The van der Waals surface area contributed by atoms with E-state index in [0.29, 0.717) is 0 Å². The Bertz CT molecular complexity index is 672. The first-order chi connectivity index (χ1) is 10.8. The second-order valence-corrected chi connectivity index (χ2v) is 4.85. The highest BCUT2D eigenvalue weighted by molar-refractivity contribution is 6.01. The molecular weight excluding hydrogens is 300 g/mol. The largest absolute Gasteiger partial charge is 0.423 e. The summed E-state index contributed by atoms with van der Waals surface area (Å²) in [5.41, 5.74) is 0.515. The first kappa shape index (κ1) is 18.3. The quantitative estimate of drug-likeness (QED) is 0.332. The Labute approximate surface area is 134 Å². The van der Waals surface area contributed by atoms with Gasteiger partial charge in [-0.2, -0.15) is 0 Å². The van der Waals surface area contributed by atoms with Crippen molar-refractivity contribution in [2.75, 3.05) is 13.7 Å². The van der Waals surface area contributed by atoms with E-state index in [4.69, 9.17) is 14.2 Å². The van der Waals surface area contributed by atoms with Crippen LogP contribution in [-0.2, 0) is 14.3 Å². The average Bonchev–Trinajstić information content (AvgIpc) is 2.47. The van der Waals surface area contributed by atoms with Gasteiger partial charge in [0, 0.05) is 24.3 Å². The number of carbonyl (C=O) groups is 3. The standard InChI is InChI=1S/C17H18O6/c1-10(2)16(19)22-12-6-7-13(14(18)9-21-5)15(8-12)23-17(20)11(3)4/h6-8H,1,3,9H2,2,4-5H3. The molecule has 0 fully saturated rings. The van der Waals surface area contributed by atoms with Gasteiger partial charge in [-0.15, -0.1) is 0 Å². The average molecular weight is 318 g/mol. The molecule has 0 aromatic heterocycles. The SMILES string of the molecule is C=C(C)C(=O)Oc1ccc(C(=O)COC)c(OC(=O)C(=C)C)c1. The monoisotopic (exact) mass is 318 g/mol. The van der Waals surface area contributed by atoms with Gasteiger partial charge in [-0.3, -0.25) is 4.79 Å². The third kappa shape index (κ3) is 5.19. The summed E-state index contributed by atoms with van der Waals surface area (Å²) in [6, 6.07) is 4.09. The smallest absolute Gasteiger partial charge is 0.338 e. The third-order valence-corrected chi connectivity index (χ3v) is 2.64. The van der Waals surface area contributed by atoms with Crippen LogP contribution >= 0.6 is 0 Å². The number of benzene rings is 1. The molecular formula is C17H18O6. The predicted octanol–water partition coefficient (Wildman–Crippen LogP) is 2.48. The molecule has 23 heavy (non-hydrogen) atoms. The Morgan fingerprint density at radius 1 is 1.00 bits per heavy atom. The second kappa shape index (κ2) is 8.05. The molecule has 0 amide bonds. The number of Topliss-reactive ketones (excluding diaryl/α,β-unsaturated/α-hetero) is 1. The van der Waals surface area contributed by atoms with Crippen molar-refractivity contribution in [3.05, 3.63) is 48.1 Å². The third-order valence-electron chi connectivity index (χ3n) is 2.64. The Kier molecular flexibility index (Phi) is 6.41. The summed E-state index contributed by atoms with van der Waals surface area (Å²) in [5.74, 6) is -1.61. The summed E-state index contributed by atoms with van der Waals surface area (Å²) < 4.78 is 15.0. The van der Waals surface area contributed by atoms with Crippen molar-refractivity contribution in [1.82, 2.24) is 0 Å². The maximum Gasteiger partial charge on any atom is 0.338 e. The summed E-state index contributed by atoms with van der Waals surface area (Å²) in [5, 5.41) is 0. The van der Waals surface area contributed by atoms with Crippen LogP contribution in [-0.4, -0.2) is 31.4 Å². The van der Waals surface area contributed by atoms with Crippen LogP contribution in [0.1, 0.15) is 24.2 Å². The zero-order valence-corrected chi connectivity index (χ0v) is 13.3. The molecule has 1 aromatic rings. The molecule has 6 nitrogen and oxygen atoms in total. The Balaban J connectivity index is 3.18. The van der Waals surface area contributed by atoms with Gasteiger partial charge in [0.2, 0.25) is 0 Å². The molecule has 0 atom stereocenters. The van der Waals surface area contributed by atoms with Crippen LogP contribution in [0.5, 0.6) is 11.5 Å². The summed E-state index contributed by atoms with van der Waals surface area (Å²) in [6.45, 7) is 9.75. The lowest BCUT2D eigenvalue weighted by molar-refractivity contribution is -0.130. The molecule has 0 saturated heterocycles. The highest BCUT2D eigenvalue weighted by atomic mass is 16.5. The molecule has 0 saturated carbocycles. The number of carbonyl (C=O) groups excluding carboxylic acids is 3. The van der Waals surface area contributed by atoms with Gasteiger partial charge >= 0.3 is 11.9 Å². The highest BCUT2D eigenvalue weighted by Crippen LogP contribution is 2.27. The Hall–Kier alpha value is -2.73. The number of esters is 2. The van der Waals surface area contributed by atoms with Crippen LogP contribution in [0, 0.1) is 0 Å². The maximum absolute atomic E-state index is 12.0. The predicted molar refractivity (Wildman–Crippen MR) is 83.5 cm³/mol. The lowest BCUT2D eigenvalue weighted by Crippen LogP contribution is -2.15. The van der Waals surface area contributed by atoms with Gasteiger partial charge in [0.1, 0.15) is 18.1 Å². The van der Waals surface area contributed by atoms with Gasteiger partial charge in [0.05, 0.1) is 5.56 Å². The first-order valence-corrected chi connectivity index (χ1v) is 6.67. The molecule has 0 aliphatic rings. The van der Waals surface area contributed by atoms with Crippen molar-refractivity contribution in [3.8, 4) is 11.5 Å². The van der Waals surface area contributed by atoms with Gasteiger partial charge in [0.25, 0.3) is 0 Å². The van der Waals surface area contributed by atoms with E-state index in [1.54, 1.807) is 0 Å². The second-order valence-electron chi connectivity index (χ2n) is 4.85. The normalized spacial score (nSPS) is 9.87. The van der Waals surface area contributed by atoms with E-state index in [2.05, 4.69) is 13.2 Å². The van der Waals surface area contributed by atoms with Crippen LogP contribution in [0.15, 0.2) is 42.5 Å². The molecule has 0 N–H and O–H groups in total. The maximum atomic E-state index is 12.0. The summed E-state index contributed by atoms with van der Waals surface area (Å²) in [4.78, 5) is 35.2. The lowest BCUT2D eigenvalue weighted by Gasteiger charge is -2.11. The van der Waals surface area contributed by atoms with E-state index in [1.807, 2.05) is 0 Å². The fourth-order valence-electron chi connectivity index (χ4n) is 1.47. The minimum absolute atomic E-state index is 0.0351. The van der Waals surface area contributed by atoms with Gasteiger partial charge in [-0.05, 0) is 26.0 Å². The fraction of sp³-hybridized carbons (Fsp3) is 0.235. The van der Waals surface area contributed by atoms with Gasteiger partial charge < -0.3 is 14.2 Å². The number of methoxy groups -OCH3 is 1. The van der Waals surface area contributed by atoms with E-state index in [-0.39, 0.29) is 40.6 Å². The molecule has 0 spiro atoms. The molecule has 0 heterocycles. The lowest BCUT2D eigenvalue weighted by atomic mass is 10.1.